The molecule has 1 fully saturated rings. The zero-order chi connectivity index (χ0) is 18.2. The quantitative estimate of drug-likeness (QED) is 0.585. The molecule has 1 saturated carbocycles. The molecule has 1 aliphatic rings. The van der Waals surface area contributed by atoms with Gasteiger partial charge in [-0.3, -0.25) is 0 Å². The Balaban J connectivity index is 2.73. The van der Waals surface area contributed by atoms with Crippen molar-refractivity contribution in [2.45, 2.75) is 50.0 Å². The number of thiocarbonyl (C=S) groups is 1. The second-order valence-corrected chi connectivity index (χ2v) is 6.30. The van der Waals surface area contributed by atoms with E-state index in [2.05, 4.69) is 5.32 Å². The van der Waals surface area contributed by atoms with Crippen molar-refractivity contribution in [3.8, 4) is 0 Å². The van der Waals surface area contributed by atoms with Gasteiger partial charge in [0.15, 0.2) is 5.11 Å². The highest BCUT2D eigenvalue weighted by Gasteiger charge is 2.49. The monoisotopic (exact) mass is 370 g/mol. The van der Waals surface area contributed by atoms with Gasteiger partial charge in [0.1, 0.15) is 0 Å². The first-order valence-corrected chi connectivity index (χ1v) is 7.74. The lowest BCUT2D eigenvalue weighted by atomic mass is 9.74. The highest BCUT2D eigenvalue weighted by atomic mass is 32.1. The second-order valence-electron chi connectivity index (χ2n) is 5.86. The molecule has 0 aromatic heterocycles. The van der Waals surface area contributed by atoms with E-state index >= 15 is 0 Å². The molecule has 1 aromatic rings. The number of alkyl halides is 6. The summed E-state index contributed by atoms with van der Waals surface area (Å²) in [7, 11) is 0. The fraction of sp³-hybridized carbons (Fsp3) is 0.533. The van der Waals surface area contributed by atoms with Gasteiger partial charge >= 0.3 is 12.4 Å². The number of nitrogens with two attached hydrogens (primary N) is 1. The van der Waals surface area contributed by atoms with Gasteiger partial charge in [0.05, 0.1) is 16.7 Å². The normalized spacial score (nSPS) is 18.2. The molecule has 1 aliphatic carbocycles. The van der Waals surface area contributed by atoms with E-state index in [1.807, 2.05) is 0 Å². The molecule has 24 heavy (non-hydrogen) atoms. The van der Waals surface area contributed by atoms with Gasteiger partial charge in [-0.15, -0.1) is 0 Å². The zero-order valence-corrected chi connectivity index (χ0v) is 13.3. The largest absolute Gasteiger partial charge is 0.417 e. The van der Waals surface area contributed by atoms with E-state index in [-0.39, 0.29) is 18.0 Å². The molecule has 134 valence electrons. The van der Waals surface area contributed by atoms with Gasteiger partial charge in [0, 0.05) is 0 Å². The maximum atomic E-state index is 13.5. The number of nitrogens with one attached hydrogen (secondary N) is 1. The van der Waals surface area contributed by atoms with Crippen molar-refractivity contribution in [3.05, 3.63) is 34.9 Å². The van der Waals surface area contributed by atoms with E-state index in [0.717, 1.165) is 18.6 Å². The molecule has 0 bridgehead atoms. The van der Waals surface area contributed by atoms with Crippen molar-refractivity contribution in [2.75, 3.05) is 0 Å². The minimum atomic E-state index is -5.15. The molecule has 0 radical (unpaired) electrons. The van der Waals surface area contributed by atoms with Gasteiger partial charge in [-0.1, -0.05) is 31.4 Å². The van der Waals surface area contributed by atoms with E-state index < -0.39 is 34.6 Å². The van der Waals surface area contributed by atoms with Crippen molar-refractivity contribution < 1.29 is 26.3 Å². The number of hydrogen-bond acceptors (Lipinski definition) is 1. The summed E-state index contributed by atoms with van der Waals surface area (Å²) in [6, 6.07) is 2.52. The molecule has 0 spiro atoms. The Morgan fingerprint density at radius 1 is 1.00 bits per heavy atom. The smallest absolute Gasteiger partial charge is 0.376 e. The highest BCUT2D eigenvalue weighted by molar-refractivity contribution is 7.80. The lowest BCUT2D eigenvalue weighted by Crippen LogP contribution is -2.50. The summed E-state index contributed by atoms with van der Waals surface area (Å²) in [6.45, 7) is 0. The van der Waals surface area contributed by atoms with Crippen LogP contribution in [0.15, 0.2) is 18.2 Å². The Bertz CT molecular complexity index is 617. The molecule has 1 aromatic carbocycles. The maximum absolute atomic E-state index is 13.5. The summed E-state index contributed by atoms with van der Waals surface area (Å²) in [4.78, 5) is 0. The van der Waals surface area contributed by atoms with Gasteiger partial charge in [-0.25, -0.2) is 0 Å². The van der Waals surface area contributed by atoms with Crippen LogP contribution in [0.4, 0.5) is 26.3 Å². The van der Waals surface area contributed by atoms with Gasteiger partial charge in [-0.2, -0.15) is 26.3 Å². The Morgan fingerprint density at radius 2 is 1.58 bits per heavy atom. The minimum absolute atomic E-state index is 0.231. The first-order valence-electron chi connectivity index (χ1n) is 7.33. The molecule has 0 saturated heterocycles. The van der Waals surface area contributed by atoms with Crippen LogP contribution in [-0.2, 0) is 17.9 Å². The van der Waals surface area contributed by atoms with Gasteiger partial charge < -0.3 is 11.1 Å². The van der Waals surface area contributed by atoms with Crippen LogP contribution in [0.1, 0.15) is 48.8 Å². The van der Waals surface area contributed by atoms with Gasteiger partial charge in [0.2, 0.25) is 0 Å². The fourth-order valence-electron chi connectivity index (χ4n) is 3.35. The fourth-order valence-corrected chi connectivity index (χ4v) is 3.54. The standard InChI is InChI=1S/C15H16F6N2S/c16-14(17,18)10-6-4-5-9(11(10)15(19,20)21)13(23-12(22)24)7-2-1-3-8-13/h4-6H,1-3,7-8H2,(H3,22,23,24). The summed E-state index contributed by atoms with van der Waals surface area (Å²) >= 11 is 4.75. The summed E-state index contributed by atoms with van der Waals surface area (Å²) in [6.07, 6.45) is -7.86. The molecular weight excluding hydrogens is 354 g/mol. The van der Waals surface area contributed by atoms with Crippen LogP contribution in [-0.4, -0.2) is 5.11 Å². The Kier molecular flexibility index (Phi) is 5.03. The van der Waals surface area contributed by atoms with Crippen molar-refractivity contribution in [2.24, 2.45) is 5.73 Å². The average molecular weight is 370 g/mol. The molecule has 2 rings (SSSR count). The zero-order valence-electron chi connectivity index (χ0n) is 12.5. The van der Waals surface area contributed by atoms with Crippen LogP contribution in [0.2, 0.25) is 0 Å². The van der Waals surface area contributed by atoms with Crippen LogP contribution < -0.4 is 11.1 Å². The molecule has 0 aliphatic heterocycles. The molecule has 2 nitrogen and oxygen atoms in total. The van der Waals surface area contributed by atoms with E-state index in [9.17, 15) is 26.3 Å². The highest BCUT2D eigenvalue weighted by Crippen LogP contribution is 2.47. The lowest BCUT2D eigenvalue weighted by molar-refractivity contribution is -0.163. The first-order chi connectivity index (χ1) is 11.0. The average Bonchev–Trinajstić information content (AvgIpc) is 2.45. The SMILES string of the molecule is NC(=S)NC1(c2cccc(C(F)(F)F)c2C(F)(F)F)CCCCC1. The number of benzene rings is 1. The molecule has 0 unspecified atom stereocenters. The molecule has 9 heteroatoms. The third kappa shape index (κ3) is 3.76. The minimum Gasteiger partial charge on any atom is -0.376 e. The Hall–Kier alpha value is -1.51. The predicted molar refractivity (Wildman–Crippen MR) is 81.1 cm³/mol. The number of rotatable bonds is 2. The van der Waals surface area contributed by atoms with Gasteiger partial charge in [0.25, 0.3) is 0 Å². The van der Waals surface area contributed by atoms with Crippen LogP contribution in [0.25, 0.3) is 0 Å². The third-order valence-corrected chi connectivity index (χ3v) is 4.34. The van der Waals surface area contributed by atoms with Crippen molar-refractivity contribution in [1.82, 2.24) is 5.32 Å². The Morgan fingerprint density at radius 3 is 2.04 bits per heavy atom. The number of halogens is 6. The number of hydrogen-bond donors (Lipinski definition) is 2. The van der Waals surface area contributed by atoms with Crippen molar-refractivity contribution in [1.29, 1.82) is 0 Å². The van der Waals surface area contributed by atoms with E-state index in [4.69, 9.17) is 18.0 Å². The molecule has 3 N–H and O–H groups in total. The summed E-state index contributed by atoms with van der Waals surface area (Å²) in [5.74, 6) is 0. The van der Waals surface area contributed by atoms with Crippen LogP contribution in [0, 0.1) is 0 Å². The molecule has 0 heterocycles. The molecular formula is C15H16F6N2S. The van der Waals surface area contributed by atoms with Crippen LogP contribution in [0.5, 0.6) is 0 Å². The maximum Gasteiger partial charge on any atom is 0.417 e. The topological polar surface area (TPSA) is 38.0 Å². The van der Waals surface area contributed by atoms with Crippen molar-refractivity contribution >= 4 is 17.3 Å². The van der Waals surface area contributed by atoms with E-state index in [0.29, 0.717) is 18.9 Å². The predicted octanol–water partition coefficient (Wildman–Crippen LogP) is 4.72. The summed E-state index contributed by atoms with van der Waals surface area (Å²) in [5.41, 5.74) is 0.305. The lowest BCUT2D eigenvalue weighted by Gasteiger charge is -2.41. The van der Waals surface area contributed by atoms with Crippen LogP contribution in [0.3, 0.4) is 0 Å². The summed E-state index contributed by atoms with van der Waals surface area (Å²) < 4.78 is 80.0. The molecule has 0 amide bonds. The van der Waals surface area contributed by atoms with Gasteiger partial charge in [-0.05, 0) is 36.7 Å². The first kappa shape index (κ1) is 18.8. The van der Waals surface area contributed by atoms with E-state index in [1.54, 1.807) is 0 Å². The molecule has 0 atom stereocenters. The summed E-state index contributed by atoms with van der Waals surface area (Å²) in [5, 5.41) is 2.41. The third-order valence-electron chi connectivity index (χ3n) is 4.24. The van der Waals surface area contributed by atoms with Crippen molar-refractivity contribution in [3.63, 3.8) is 0 Å². The van der Waals surface area contributed by atoms with Crippen LogP contribution >= 0.6 is 12.2 Å². The Labute approximate surface area is 140 Å². The van der Waals surface area contributed by atoms with E-state index in [1.165, 1.54) is 0 Å². The second kappa shape index (κ2) is 6.42.